The number of benzene rings is 2. The minimum atomic E-state index is 0.137. The normalized spacial score (nSPS) is 12.2. The van der Waals surface area contributed by atoms with Gasteiger partial charge in [-0.1, -0.05) is 64.6 Å². The van der Waals surface area contributed by atoms with E-state index in [9.17, 15) is 0 Å². The van der Waals surface area contributed by atoms with E-state index in [1.54, 1.807) is 7.11 Å². The third kappa shape index (κ3) is 4.21. The zero-order chi connectivity index (χ0) is 14.4. The fraction of sp³-hybridized carbons (Fsp3) is 0.294. The fourth-order valence-corrected chi connectivity index (χ4v) is 2.69. The number of ether oxygens (including phenoxy) is 2. The number of rotatable bonds is 6. The highest BCUT2D eigenvalue weighted by molar-refractivity contribution is 14.1. The molecule has 0 fully saturated rings. The molecule has 2 aromatic carbocycles. The maximum absolute atomic E-state index is 6.03. The highest BCUT2D eigenvalue weighted by Gasteiger charge is 2.10. The molecule has 0 saturated heterocycles. The third-order valence-electron chi connectivity index (χ3n) is 3.20. The summed E-state index contributed by atoms with van der Waals surface area (Å²) < 4.78 is 12.1. The van der Waals surface area contributed by atoms with Gasteiger partial charge in [0.15, 0.2) is 0 Å². The van der Waals surface area contributed by atoms with Crippen molar-refractivity contribution in [3.8, 4) is 5.75 Å². The van der Waals surface area contributed by atoms with Gasteiger partial charge in [-0.25, -0.2) is 0 Å². The van der Waals surface area contributed by atoms with Crippen molar-refractivity contribution < 1.29 is 9.47 Å². The second-order valence-electron chi connectivity index (χ2n) is 4.71. The van der Waals surface area contributed by atoms with Crippen LogP contribution >= 0.6 is 22.6 Å². The first-order valence-corrected chi connectivity index (χ1v) is 8.12. The van der Waals surface area contributed by atoms with Crippen molar-refractivity contribution >= 4 is 22.6 Å². The number of methoxy groups -OCH3 is 1. The van der Waals surface area contributed by atoms with Crippen molar-refractivity contribution in [2.45, 2.75) is 19.6 Å². The quantitative estimate of drug-likeness (QED) is 0.533. The molecular formula is C17H19IO2. The topological polar surface area (TPSA) is 18.5 Å². The average molecular weight is 382 g/mol. The maximum atomic E-state index is 6.03. The first-order valence-electron chi connectivity index (χ1n) is 6.60. The molecule has 1 unspecified atom stereocenters. The molecule has 2 aromatic rings. The first kappa shape index (κ1) is 15.3. The minimum absolute atomic E-state index is 0.137. The third-order valence-corrected chi connectivity index (χ3v) is 4.00. The SMILES string of the molecule is COc1ccc(COC(CI)c2ccc(C)cc2)cc1. The highest BCUT2D eigenvalue weighted by Crippen LogP contribution is 2.22. The Labute approximate surface area is 134 Å². The summed E-state index contributed by atoms with van der Waals surface area (Å²) in [7, 11) is 1.68. The van der Waals surface area contributed by atoms with Crippen LogP contribution < -0.4 is 4.74 Å². The van der Waals surface area contributed by atoms with E-state index in [2.05, 4.69) is 53.8 Å². The van der Waals surface area contributed by atoms with Crippen LogP contribution in [0.25, 0.3) is 0 Å². The smallest absolute Gasteiger partial charge is 0.118 e. The van der Waals surface area contributed by atoms with Gasteiger partial charge < -0.3 is 9.47 Å². The van der Waals surface area contributed by atoms with E-state index in [1.807, 2.05) is 24.3 Å². The molecule has 0 aliphatic carbocycles. The van der Waals surface area contributed by atoms with E-state index in [1.165, 1.54) is 11.1 Å². The van der Waals surface area contributed by atoms with E-state index in [4.69, 9.17) is 9.47 Å². The predicted octanol–water partition coefficient (Wildman–Crippen LogP) is 4.70. The summed E-state index contributed by atoms with van der Waals surface area (Å²) in [5.41, 5.74) is 3.67. The molecule has 0 aliphatic rings. The lowest BCUT2D eigenvalue weighted by molar-refractivity contribution is 0.0577. The Balaban J connectivity index is 1.97. The van der Waals surface area contributed by atoms with E-state index in [0.29, 0.717) is 6.61 Å². The molecule has 0 saturated carbocycles. The first-order chi connectivity index (χ1) is 9.72. The molecular weight excluding hydrogens is 363 g/mol. The van der Waals surface area contributed by atoms with Crippen LogP contribution in [0.1, 0.15) is 22.8 Å². The van der Waals surface area contributed by atoms with Gasteiger partial charge in [0.25, 0.3) is 0 Å². The van der Waals surface area contributed by atoms with Gasteiger partial charge in [0.1, 0.15) is 5.75 Å². The highest BCUT2D eigenvalue weighted by atomic mass is 127. The second kappa shape index (κ2) is 7.64. The molecule has 2 rings (SSSR count). The average Bonchev–Trinajstić information content (AvgIpc) is 2.50. The summed E-state index contributed by atoms with van der Waals surface area (Å²) in [5, 5.41) is 0. The number of hydrogen-bond acceptors (Lipinski definition) is 2. The molecule has 2 nitrogen and oxygen atoms in total. The van der Waals surface area contributed by atoms with Gasteiger partial charge in [-0.2, -0.15) is 0 Å². The van der Waals surface area contributed by atoms with Crippen molar-refractivity contribution in [3.63, 3.8) is 0 Å². The molecule has 0 aromatic heterocycles. The molecule has 3 heteroatoms. The molecule has 20 heavy (non-hydrogen) atoms. The molecule has 0 aliphatic heterocycles. The zero-order valence-electron chi connectivity index (χ0n) is 11.8. The van der Waals surface area contributed by atoms with Gasteiger partial charge in [-0.05, 0) is 30.2 Å². The summed E-state index contributed by atoms with van der Waals surface area (Å²) in [4.78, 5) is 0. The minimum Gasteiger partial charge on any atom is -0.497 e. The van der Waals surface area contributed by atoms with E-state index >= 15 is 0 Å². The Bertz CT molecular complexity index is 520. The van der Waals surface area contributed by atoms with Crippen molar-refractivity contribution in [1.82, 2.24) is 0 Å². The molecule has 0 bridgehead atoms. The van der Waals surface area contributed by atoms with Crippen molar-refractivity contribution in [1.29, 1.82) is 0 Å². The fourth-order valence-electron chi connectivity index (χ4n) is 1.93. The van der Waals surface area contributed by atoms with Gasteiger partial charge in [0.05, 0.1) is 19.8 Å². The Kier molecular flexibility index (Phi) is 5.86. The van der Waals surface area contributed by atoms with Gasteiger partial charge in [-0.15, -0.1) is 0 Å². The lowest BCUT2D eigenvalue weighted by Gasteiger charge is -2.16. The van der Waals surface area contributed by atoms with Crippen LogP contribution in [0.15, 0.2) is 48.5 Å². The lowest BCUT2D eigenvalue weighted by Crippen LogP contribution is -2.06. The van der Waals surface area contributed by atoms with E-state index < -0.39 is 0 Å². The largest absolute Gasteiger partial charge is 0.497 e. The molecule has 0 N–H and O–H groups in total. The van der Waals surface area contributed by atoms with Gasteiger partial charge in [0.2, 0.25) is 0 Å². The van der Waals surface area contributed by atoms with Crippen molar-refractivity contribution in [2.24, 2.45) is 0 Å². The van der Waals surface area contributed by atoms with Crippen LogP contribution in [-0.4, -0.2) is 11.5 Å². The molecule has 0 radical (unpaired) electrons. The van der Waals surface area contributed by atoms with Crippen LogP contribution in [0.3, 0.4) is 0 Å². The second-order valence-corrected chi connectivity index (χ2v) is 5.59. The Morgan fingerprint density at radius 1 is 1.00 bits per heavy atom. The van der Waals surface area contributed by atoms with Crippen LogP contribution in [-0.2, 0) is 11.3 Å². The standard InChI is InChI=1S/C17H19IO2/c1-13-3-7-15(8-4-13)17(11-18)20-12-14-5-9-16(19-2)10-6-14/h3-10,17H,11-12H2,1-2H3. The van der Waals surface area contributed by atoms with Crippen LogP contribution in [0.5, 0.6) is 5.75 Å². The van der Waals surface area contributed by atoms with Crippen LogP contribution in [0.4, 0.5) is 0 Å². The number of aryl methyl sites for hydroxylation is 1. The number of hydrogen-bond donors (Lipinski definition) is 0. The monoisotopic (exact) mass is 382 g/mol. The van der Waals surface area contributed by atoms with E-state index in [0.717, 1.165) is 15.7 Å². The molecule has 1 atom stereocenters. The van der Waals surface area contributed by atoms with Gasteiger partial charge in [0, 0.05) is 4.43 Å². The maximum Gasteiger partial charge on any atom is 0.118 e. The van der Waals surface area contributed by atoms with Gasteiger partial charge >= 0.3 is 0 Å². The number of alkyl halides is 1. The molecule has 106 valence electrons. The summed E-state index contributed by atoms with van der Waals surface area (Å²) in [6.45, 7) is 2.71. The molecule has 0 spiro atoms. The van der Waals surface area contributed by atoms with Crippen LogP contribution in [0, 0.1) is 6.92 Å². The zero-order valence-corrected chi connectivity index (χ0v) is 14.0. The lowest BCUT2D eigenvalue weighted by atomic mass is 10.1. The summed E-state index contributed by atoms with van der Waals surface area (Å²) in [5.74, 6) is 0.873. The van der Waals surface area contributed by atoms with Crippen LogP contribution in [0.2, 0.25) is 0 Å². The Morgan fingerprint density at radius 3 is 2.20 bits per heavy atom. The van der Waals surface area contributed by atoms with Crippen molar-refractivity contribution in [3.05, 3.63) is 65.2 Å². The summed E-state index contributed by atoms with van der Waals surface area (Å²) >= 11 is 2.37. The number of halogens is 1. The summed E-state index contributed by atoms with van der Waals surface area (Å²) in [6, 6.07) is 16.6. The summed E-state index contributed by atoms with van der Waals surface area (Å²) in [6.07, 6.45) is 0.137. The van der Waals surface area contributed by atoms with Crippen molar-refractivity contribution in [2.75, 3.05) is 11.5 Å². The predicted molar refractivity (Wildman–Crippen MR) is 90.6 cm³/mol. The van der Waals surface area contributed by atoms with E-state index in [-0.39, 0.29) is 6.10 Å². The molecule has 0 amide bonds. The van der Waals surface area contributed by atoms with Gasteiger partial charge in [-0.3, -0.25) is 0 Å². The molecule has 0 heterocycles. The Morgan fingerprint density at radius 2 is 1.65 bits per heavy atom. The Hall–Kier alpha value is -1.07.